The van der Waals surface area contributed by atoms with Gasteiger partial charge >= 0.3 is 0 Å². The van der Waals surface area contributed by atoms with Gasteiger partial charge in [0.15, 0.2) is 0 Å². The Bertz CT molecular complexity index is 595. The van der Waals surface area contributed by atoms with Crippen molar-refractivity contribution in [1.29, 1.82) is 0 Å². The van der Waals surface area contributed by atoms with Crippen LogP contribution >= 0.6 is 11.3 Å². The molecule has 2 atom stereocenters. The molecule has 0 aliphatic heterocycles. The van der Waals surface area contributed by atoms with Gasteiger partial charge in [-0.05, 0) is 54.6 Å². The molecule has 24 heavy (non-hydrogen) atoms. The van der Waals surface area contributed by atoms with Gasteiger partial charge in [0.1, 0.15) is 6.10 Å². The second-order valence-electron chi connectivity index (χ2n) is 7.20. The molecule has 0 saturated carbocycles. The third-order valence-electron chi connectivity index (χ3n) is 4.29. The van der Waals surface area contributed by atoms with Crippen LogP contribution in [0.2, 0.25) is 0 Å². The molecule has 0 aliphatic rings. The molecule has 0 saturated heterocycles. The van der Waals surface area contributed by atoms with Crippen LogP contribution < -0.4 is 0 Å². The van der Waals surface area contributed by atoms with Crippen LogP contribution in [0.15, 0.2) is 47.2 Å². The highest BCUT2D eigenvalue weighted by Gasteiger charge is 2.37. The molecule has 0 amide bonds. The Hall–Kier alpha value is -1.20. The van der Waals surface area contributed by atoms with Crippen molar-refractivity contribution in [3.05, 3.63) is 58.3 Å². The maximum absolute atomic E-state index is 9.96. The fourth-order valence-electron chi connectivity index (χ4n) is 2.84. The van der Waals surface area contributed by atoms with Crippen molar-refractivity contribution in [3.8, 4) is 0 Å². The maximum Gasteiger partial charge on any atom is 0.102 e. The van der Waals surface area contributed by atoms with E-state index in [0.29, 0.717) is 5.92 Å². The topological polar surface area (TPSA) is 32.7 Å². The van der Waals surface area contributed by atoms with Crippen molar-refractivity contribution in [2.45, 2.75) is 52.3 Å². The first-order chi connectivity index (χ1) is 11.4. The van der Waals surface area contributed by atoms with Crippen LogP contribution in [-0.4, -0.2) is 22.3 Å². The van der Waals surface area contributed by atoms with Crippen molar-refractivity contribution in [2.24, 2.45) is 5.92 Å². The monoisotopic (exact) mass is 347 g/mol. The molecule has 0 spiro atoms. The first-order valence-electron chi connectivity index (χ1n) is 8.51. The smallest absolute Gasteiger partial charge is 0.102 e. The van der Waals surface area contributed by atoms with Crippen LogP contribution in [0.3, 0.4) is 0 Å². The third kappa shape index (κ3) is 4.45. The average Bonchev–Trinajstić information content (AvgIpc) is 3.08. The number of aliphatic hydroxyl groups is 1. The van der Waals surface area contributed by atoms with Gasteiger partial charge in [0.2, 0.25) is 0 Å². The summed E-state index contributed by atoms with van der Waals surface area (Å²) in [7, 11) is 0. The van der Waals surface area contributed by atoms with E-state index >= 15 is 0 Å². The quantitative estimate of drug-likeness (QED) is 0.665. The summed E-state index contributed by atoms with van der Waals surface area (Å²) in [5.41, 5.74) is 1.88. The molecule has 0 bridgehead atoms. The molecular weight excluding hydrogens is 318 g/mol. The number of thiophene rings is 1. The standard InChI is InChI=1S/C20H29NO2S/c1-15(2)19(18-11-12-24-13-18)21(20(4,5)14-22)23-16(3)17-9-7-6-8-10-17/h6-13,15-16,19,22H,14H2,1-5H3. The van der Waals surface area contributed by atoms with Crippen LogP contribution in [0, 0.1) is 5.92 Å². The summed E-state index contributed by atoms with van der Waals surface area (Å²) < 4.78 is 0. The molecule has 4 heteroatoms. The number of rotatable bonds is 8. The average molecular weight is 348 g/mol. The van der Waals surface area contributed by atoms with Crippen molar-refractivity contribution >= 4 is 11.3 Å². The normalized spacial score (nSPS) is 15.0. The van der Waals surface area contributed by atoms with Crippen molar-refractivity contribution in [3.63, 3.8) is 0 Å². The van der Waals surface area contributed by atoms with Crippen LogP contribution in [-0.2, 0) is 4.84 Å². The van der Waals surface area contributed by atoms with E-state index in [4.69, 9.17) is 4.84 Å². The van der Waals surface area contributed by atoms with Crippen LogP contribution in [0.25, 0.3) is 0 Å². The lowest BCUT2D eigenvalue weighted by Crippen LogP contribution is -2.50. The van der Waals surface area contributed by atoms with Gasteiger partial charge in [-0.15, -0.1) is 0 Å². The lowest BCUT2D eigenvalue weighted by Gasteiger charge is -2.44. The summed E-state index contributed by atoms with van der Waals surface area (Å²) in [5.74, 6) is 0.355. The third-order valence-corrected chi connectivity index (χ3v) is 4.99. The Morgan fingerprint density at radius 2 is 1.75 bits per heavy atom. The van der Waals surface area contributed by atoms with Gasteiger partial charge in [0.05, 0.1) is 18.2 Å². The van der Waals surface area contributed by atoms with Crippen molar-refractivity contribution in [1.82, 2.24) is 5.06 Å². The summed E-state index contributed by atoms with van der Waals surface area (Å²) in [6.07, 6.45) is -0.0862. The van der Waals surface area contributed by atoms with Gasteiger partial charge in [-0.1, -0.05) is 44.2 Å². The van der Waals surface area contributed by atoms with E-state index in [0.717, 1.165) is 5.56 Å². The lowest BCUT2D eigenvalue weighted by atomic mass is 9.93. The second kappa shape index (κ2) is 8.26. The fraction of sp³-hybridized carbons (Fsp3) is 0.500. The lowest BCUT2D eigenvalue weighted by molar-refractivity contribution is -0.282. The maximum atomic E-state index is 9.96. The highest BCUT2D eigenvalue weighted by molar-refractivity contribution is 7.07. The van der Waals surface area contributed by atoms with E-state index in [9.17, 15) is 5.11 Å². The summed E-state index contributed by atoms with van der Waals surface area (Å²) in [6.45, 7) is 10.5. The SMILES string of the molecule is CC(ON(C(c1ccsc1)C(C)C)C(C)(C)CO)c1ccccc1. The predicted molar refractivity (Wildman–Crippen MR) is 101 cm³/mol. The van der Waals surface area contributed by atoms with Crippen molar-refractivity contribution < 1.29 is 9.94 Å². The minimum atomic E-state index is -0.486. The first-order valence-corrected chi connectivity index (χ1v) is 9.45. The molecule has 2 rings (SSSR count). The molecular formula is C20H29NO2S. The van der Waals surface area contributed by atoms with E-state index in [-0.39, 0.29) is 18.8 Å². The van der Waals surface area contributed by atoms with E-state index in [1.807, 2.05) is 37.1 Å². The van der Waals surface area contributed by atoms with E-state index in [1.165, 1.54) is 5.56 Å². The summed E-state index contributed by atoms with van der Waals surface area (Å²) >= 11 is 1.69. The highest BCUT2D eigenvalue weighted by Crippen LogP contribution is 2.37. The van der Waals surface area contributed by atoms with E-state index in [1.54, 1.807) is 11.3 Å². The molecule has 1 aromatic heterocycles. The van der Waals surface area contributed by atoms with Crippen LogP contribution in [0.4, 0.5) is 0 Å². The van der Waals surface area contributed by atoms with E-state index in [2.05, 4.69) is 49.7 Å². The molecule has 132 valence electrons. The Morgan fingerprint density at radius 3 is 2.25 bits per heavy atom. The zero-order valence-electron chi connectivity index (χ0n) is 15.3. The summed E-state index contributed by atoms with van der Waals surface area (Å²) in [6, 6.07) is 12.4. The van der Waals surface area contributed by atoms with Gasteiger partial charge < -0.3 is 5.11 Å². The molecule has 2 unspecified atom stereocenters. The minimum absolute atomic E-state index is 0.0296. The minimum Gasteiger partial charge on any atom is -0.394 e. The molecule has 0 aliphatic carbocycles. The van der Waals surface area contributed by atoms with E-state index < -0.39 is 5.54 Å². The number of benzene rings is 1. The number of hydrogen-bond donors (Lipinski definition) is 1. The Balaban J connectivity index is 2.34. The Kier molecular flexibility index (Phi) is 6.58. The Labute approximate surface area is 149 Å². The zero-order chi connectivity index (χ0) is 17.7. The number of nitrogens with zero attached hydrogens (tertiary/aromatic N) is 1. The molecule has 2 aromatic rings. The van der Waals surface area contributed by atoms with Gasteiger partial charge in [-0.2, -0.15) is 16.4 Å². The fourth-order valence-corrected chi connectivity index (χ4v) is 3.53. The second-order valence-corrected chi connectivity index (χ2v) is 7.98. The molecule has 0 radical (unpaired) electrons. The zero-order valence-corrected chi connectivity index (χ0v) is 16.1. The number of hydroxylamine groups is 2. The molecule has 0 fully saturated rings. The molecule has 1 N–H and O–H groups in total. The van der Waals surface area contributed by atoms with Crippen LogP contribution in [0.5, 0.6) is 0 Å². The highest BCUT2D eigenvalue weighted by atomic mass is 32.1. The van der Waals surface area contributed by atoms with Gasteiger partial charge in [-0.25, -0.2) is 0 Å². The number of aliphatic hydroxyl groups excluding tert-OH is 1. The molecule has 1 heterocycles. The van der Waals surface area contributed by atoms with Gasteiger partial charge in [-0.3, -0.25) is 4.84 Å². The summed E-state index contributed by atoms with van der Waals surface area (Å²) in [4.78, 5) is 6.42. The first kappa shape index (κ1) is 19.1. The van der Waals surface area contributed by atoms with Crippen LogP contribution in [0.1, 0.15) is 57.9 Å². The largest absolute Gasteiger partial charge is 0.394 e. The molecule has 3 nitrogen and oxygen atoms in total. The van der Waals surface area contributed by atoms with Crippen molar-refractivity contribution in [2.75, 3.05) is 6.61 Å². The molecule has 1 aromatic carbocycles. The van der Waals surface area contributed by atoms with Gasteiger partial charge in [0.25, 0.3) is 0 Å². The number of hydrogen-bond acceptors (Lipinski definition) is 4. The predicted octanol–water partition coefficient (Wildman–Crippen LogP) is 5.21. The summed E-state index contributed by atoms with van der Waals surface area (Å²) in [5, 5.41) is 16.2. The Morgan fingerprint density at radius 1 is 1.08 bits per heavy atom. The van der Waals surface area contributed by atoms with Gasteiger partial charge in [0, 0.05) is 0 Å².